The summed E-state index contributed by atoms with van der Waals surface area (Å²) in [5, 5.41) is 16.6. The zero-order chi connectivity index (χ0) is 30.6. The molecule has 0 atom stereocenters. The first-order valence-electron chi connectivity index (χ1n) is 13.1. The summed E-state index contributed by atoms with van der Waals surface area (Å²) >= 11 is 6.19. The number of rotatable bonds is 10. The van der Waals surface area contributed by atoms with Crippen LogP contribution in [0.3, 0.4) is 0 Å². The number of hydrogen-bond acceptors (Lipinski definition) is 9. The van der Waals surface area contributed by atoms with Gasteiger partial charge in [-0.15, -0.1) is 0 Å². The van der Waals surface area contributed by atoms with Crippen LogP contribution in [0.1, 0.15) is 43.4 Å². The average Bonchev–Trinajstić information content (AvgIpc) is 2.95. The summed E-state index contributed by atoms with van der Waals surface area (Å²) in [5.74, 6) is 0.0983. The van der Waals surface area contributed by atoms with Gasteiger partial charge in [0.1, 0.15) is 5.75 Å². The lowest BCUT2D eigenvalue weighted by Gasteiger charge is -2.17. The number of nitro benzene ring substituents is 1. The second-order valence-electron chi connectivity index (χ2n) is 9.57. The van der Waals surface area contributed by atoms with Crippen molar-refractivity contribution in [3.05, 3.63) is 90.7 Å². The van der Waals surface area contributed by atoms with Gasteiger partial charge in [0.15, 0.2) is 12.4 Å². The Morgan fingerprint density at radius 2 is 1.95 bits per heavy atom. The highest BCUT2D eigenvalue weighted by Gasteiger charge is 2.23. The topological polar surface area (TPSA) is 135 Å². The summed E-state index contributed by atoms with van der Waals surface area (Å²) in [7, 11) is 1.60. The number of methoxy groups -OCH3 is 1. The highest BCUT2D eigenvalue weighted by atomic mass is 35.5. The number of carbonyl (C=O) groups excluding carboxylic acids is 1. The molecular formula is C30H29ClN4O7. The lowest BCUT2D eigenvalue weighted by atomic mass is 9.96. The number of hydrogen-bond donors (Lipinski definition) is 0. The van der Waals surface area contributed by atoms with E-state index in [4.69, 9.17) is 30.8 Å². The smallest absolute Gasteiger partial charge is 0.344 e. The van der Waals surface area contributed by atoms with Crippen molar-refractivity contribution in [2.45, 2.75) is 33.6 Å². The molecule has 0 aliphatic carbocycles. The van der Waals surface area contributed by atoms with Gasteiger partial charge in [-0.1, -0.05) is 37.6 Å². The largest absolute Gasteiger partial charge is 0.496 e. The van der Waals surface area contributed by atoms with E-state index in [-0.39, 0.29) is 34.7 Å². The lowest BCUT2D eigenvalue weighted by molar-refractivity contribution is -0.385. The van der Waals surface area contributed by atoms with E-state index in [0.717, 1.165) is 21.9 Å². The number of carbonyl (C=O) groups is 1. The minimum atomic E-state index is -0.710. The Morgan fingerprint density at radius 1 is 1.21 bits per heavy atom. The van der Waals surface area contributed by atoms with Gasteiger partial charge >= 0.3 is 11.7 Å². The fourth-order valence-electron chi connectivity index (χ4n) is 4.41. The quantitative estimate of drug-likeness (QED) is 0.0962. The van der Waals surface area contributed by atoms with Gasteiger partial charge in [-0.25, -0.2) is 9.78 Å². The highest BCUT2D eigenvalue weighted by molar-refractivity contribution is 6.31. The predicted octanol–water partition coefficient (Wildman–Crippen LogP) is 5.89. The molecule has 3 aromatic carbocycles. The Morgan fingerprint density at radius 3 is 2.62 bits per heavy atom. The number of aromatic nitrogens is 2. The van der Waals surface area contributed by atoms with Gasteiger partial charge in [0.05, 0.1) is 35.8 Å². The molecule has 0 fully saturated rings. The maximum Gasteiger partial charge on any atom is 0.344 e. The second-order valence-corrected chi connectivity index (χ2v) is 10.0. The molecule has 11 nitrogen and oxygen atoms in total. The van der Waals surface area contributed by atoms with Crippen molar-refractivity contribution in [2.75, 3.05) is 20.3 Å². The molecule has 42 heavy (non-hydrogen) atoms. The van der Waals surface area contributed by atoms with Crippen LogP contribution in [-0.2, 0) is 9.53 Å². The minimum absolute atomic E-state index is 0.0309. The molecule has 0 aliphatic rings. The monoisotopic (exact) mass is 592 g/mol. The predicted molar refractivity (Wildman–Crippen MR) is 160 cm³/mol. The number of esters is 1. The van der Waals surface area contributed by atoms with Crippen LogP contribution in [0.5, 0.6) is 11.5 Å². The van der Waals surface area contributed by atoms with Crippen LogP contribution in [0.25, 0.3) is 22.3 Å². The molecule has 0 aliphatic heterocycles. The van der Waals surface area contributed by atoms with E-state index in [1.54, 1.807) is 38.3 Å². The average molecular weight is 593 g/mol. The van der Waals surface area contributed by atoms with Gasteiger partial charge < -0.3 is 14.2 Å². The van der Waals surface area contributed by atoms with Crippen LogP contribution in [0.15, 0.2) is 58.4 Å². The Bertz CT molecular complexity index is 1770. The van der Waals surface area contributed by atoms with E-state index in [1.165, 1.54) is 12.3 Å². The number of fused-ring (bicyclic) bond motifs is 1. The minimum Gasteiger partial charge on any atom is -0.496 e. The summed E-state index contributed by atoms with van der Waals surface area (Å²) in [6.07, 6.45) is 1.21. The van der Waals surface area contributed by atoms with Gasteiger partial charge in [-0.3, -0.25) is 14.9 Å². The molecule has 0 amide bonds. The highest BCUT2D eigenvalue weighted by Crippen LogP contribution is 2.35. The Labute approximate surface area is 246 Å². The number of nitro groups is 1. The van der Waals surface area contributed by atoms with Gasteiger partial charge in [0.25, 0.3) is 5.56 Å². The number of para-hydroxylation sites is 1. The molecule has 218 valence electrons. The number of aryl methyl sites for hydroxylation is 1. The molecule has 0 radical (unpaired) electrons. The van der Waals surface area contributed by atoms with Crippen LogP contribution in [0, 0.1) is 17.0 Å². The summed E-state index contributed by atoms with van der Waals surface area (Å²) in [6.45, 7) is 7.09. The van der Waals surface area contributed by atoms with Gasteiger partial charge in [0.2, 0.25) is 5.75 Å². The second kappa shape index (κ2) is 12.8. The molecule has 1 heterocycles. The van der Waals surface area contributed by atoms with Crippen LogP contribution < -0.4 is 15.0 Å². The SMILES string of the molecule is CCOC(=O)COc1c(C=Nn2c(-c3cc(C(C)C)c(OC)cc3C)nc3ccccc3c2=O)cc(Cl)cc1[N+](=O)[O-]. The fraction of sp³-hybridized carbons (Fsp3) is 0.267. The molecule has 4 rings (SSSR count). The summed E-state index contributed by atoms with van der Waals surface area (Å²) in [5.41, 5.74) is 1.95. The first-order chi connectivity index (χ1) is 20.0. The third-order valence-corrected chi connectivity index (χ3v) is 6.62. The van der Waals surface area contributed by atoms with E-state index in [0.29, 0.717) is 22.2 Å². The number of ether oxygens (including phenoxy) is 3. The van der Waals surface area contributed by atoms with Crippen LogP contribution in [0.2, 0.25) is 5.02 Å². The standard InChI is InChI=1S/C30H29ClN4O7/c1-6-41-27(36)16-42-28-19(12-20(31)13-25(28)35(38)39)15-32-34-29(33-24-10-8-7-9-21(24)30(34)37)23-14-22(17(2)3)26(40-5)11-18(23)4/h7-15,17H,6,16H2,1-5H3. The van der Waals surface area contributed by atoms with E-state index in [2.05, 4.69) is 5.10 Å². The molecule has 12 heteroatoms. The van der Waals surface area contributed by atoms with Crippen molar-refractivity contribution in [3.63, 3.8) is 0 Å². The fourth-order valence-corrected chi connectivity index (χ4v) is 4.64. The first-order valence-corrected chi connectivity index (χ1v) is 13.4. The lowest BCUT2D eigenvalue weighted by Crippen LogP contribution is -2.21. The molecular weight excluding hydrogens is 564 g/mol. The number of benzene rings is 3. The summed E-state index contributed by atoms with van der Waals surface area (Å²) in [6, 6.07) is 13.1. The third kappa shape index (κ3) is 6.26. The maximum absolute atomic E-state index is 13.8. The van der Waals surface area contributed by atoms with Crippen LogP contribution >= 0.6 is 11.6 Å². The van der Waals surface area contributed by atoms with Crippen LogP contribution in [0.4, 0.5) is 5.69 Å². The summed E-state index contributed by atoms with van der Waals surface area (Å²) in [4.78, 5) is 41.6. The third-order valence-electron chi connectivity index (χ3n) is 6.40. The first kappa shape index (κ1) is 30.2. The van der Waals surface area contributed by atoms with Crippen LogP contribution in [-0.4, -0.2) is 47.1 Å². The van der Waals surface area contributed by atoms with Crippen molar-refractivity contribution in [2.24, 2.45) is 5.10 Å². The van der Waals surface area contributed by atoms with Crippen molar-refractivity contribution in [1.29, 1.82) is 0 Å². The van der Waals surface area contributed by atoms with E-state index in [9.17, 15) is 19.7 Å². The number of nitrogens with zero attached hydrogens (tertiary/aromatic N) is 4. The Balaban J connectivity index is 1.95. The molecule has 1 aromatic heterocycles. The van der Waals surface area contributed by atoms with Crippen molar-refractivity contribution in [1.82, 2.24) is 9.66 Å². The van der Waals surface area contributed by atoms with Gasteiger partial charge in [0, 0.05) is 22.2 Å². The zero-order valence-electron chi connectivity index (χ0n) is 23.7. The molecule has 0 N–H and O–H groups in total. The van der Waals surface area contributed by atoms with E-state index >= 15 is 0 Å². The summed E-state index contributed by atoms with van der Waals surface area (Å²) < 4.78 is 17.1. The molecule has 0 saturated carbocycles. The maximum atomic E-state index is 13.8. The van der Waals surface area contributed by atoms with E-state index in [1.807, 2.05) is 32.9 Å². The van der Waals surface area contributed by atoms with Crippen molar-refractivity contribution >= 4 is 40.4 Å². The molecule has 0 unspecified atom stereocenters. The zero-order valence-corrected chi connectivity index (χ0v) is 24.5. The molecule has 0 bridgehead atoms. The molecule has 0 spiro atoms. The Kier molecular flexibility index (Phi) is 9.21. The van der Waals surface area contributed by atoms with Gasteiger partial charge in [-0.05, 0) is 61.2 Å². The van der Waals surface area contributed by atoms with E-state index < -0.39 is 28.7 Å². The number of halogens is 1. The van der Waals surface area contributed by atoms with Crippen molar-refractivity contribution in [3.8, 4) is 22.9 Å². The Hall–Kier alpha value is -4.77. The molecule has 0 saturated heterocycles. The van der Waals surface area contributed by atoms with Crippen molar-refractivity contribution < 1.29 is 23.9 Å². The normalized spacial score (nSPS) is 11.3. The van der Waals surface area contributed by atoms with Gasteiger partial charge in [-0.2, -0.15) is 9.78 Å². The molecule has 4 aromatic rings.